The molecule has 8 nitrogen and oxygen atoms in total. The number of likely N-dealkylation sites (tertiary alicyclic amines) is 1. The van der Waals surface area contributed by atoms with Gasteiger partial charge < -0.3 is 5.11 Å². The highest BCUT2D eigenvalue weighted by Gasteiger charge is 2.28. The summed E-state index contributed by atoms with van der Waals surface area (Å²) in [6.07, 6.45) is 0.963. The van der Waals surface area contributed by atoms with Crippen LogP contribution in [0.1, 0.15) is 35.9 Å². The van der Waals surface area contributed by atoms with E-state index in [-0.39, 0.29) is 43.4 Å². The largest absolute Gasteiger partial charge is 0.476 e. The molecule has 0 unspecified atom stereocenters. The van der Waals surface area contributed by atoms with Crippen LogP contribution in [0, 0.1) is 0 Å². The summed E-state index contributed by atoms with van der Waals surface area (Å²) in [5, 5.41) is 16.3. The molecule has 19 heavy (non-hydrogen) atoms. The minimum absolute atomic E-state index is 0.0819. The Morgan fingerprint density at radius 2 is 1.89 bits per heavy atom. The van der Waals surface area contributed by atoms with E-state index in [1.165, 1.54) is 9.58 Å². The van der Waals surface area contributed by atoms with E-state index in [2.05, 4.69) is 10.3 Å². The van der Waals surface area contributed by atoms with Crippen molar-refractivity contribution < 1.29 is 19.5 Å². The zero-order chi connectivity index (χ0) is 14.0. The van der Waals surface area contributed by atoms with Crippen LogP contribution in [0.2, 0.25) is 0 Å². The third-order valence-corrected chi connectivity index (χ3v) is 3.07. The highest BCUT2D eigenvalue weighted by molar-refractivity contribution is 6.01. The van der Waals surface area contributed by atoms with Gasteiger partial charge in [0.1, 0.15) is 0 Å². The van der Waals surface area contributed by atoms with E-state index in [1.807, 2.05) is 0 Å². The molecule has 1 aliphatic heterocycles. The number of aromatic carboxylic acids is 1. The summed E-state index contributed by atoms with van der Waals surface area (Å²) < 4.78 is 1.43. The van der Waals surface area contributed by atoms with E-state index in [0.717, 1.165) is 0 Å². The Balaban J connectivity index is 2.09. The van der Waals surface area contributed by atoms with E-state index >= 15 is 0 Å². The molecule has 0 spiro atoms. The van der Waals surface area contributed by atoms with Crippen LogP contribution in [-0.4, -0.2) is 49.3 Å². The minimum atomic E-state index is -1.13. The maximum Gasteiger partial charge on any atom is 0.358 e. The van der Waals surface area contributed by atoms with Gasteiger partial charge in [0.15, 0.2) is 5.69 Å². The lowest BCUT2D eigenvalue weighted by Gasteiger charge is -2.14. The lowest BCUT2D eigenvalue weighted by Crippen LogP contribution is -2.32. The minimum Gasteiger partial charge on any atom is -0.476 e. The molecule has 2 heterocycles. The first-order valence-corrected chi connectivity index (χ1v) is 6.03. The second-order valence-electron chi connectivity index (χ2n) is 4.21. The SMILES string of the molecule is CCc1c(C(=O)O)nnn1CCN1C(=O)CCC1=O. The number of rotatable bonds is 5. The van der Waals surface area contributed by atoms with Crippen molar-refractivity contribution in [2.75, 3.05) is 6.54 Å². The molecule has 0 atom stereocenters. The molecule has 1 fully saturated rings. The number of carboxylic acid groups (broad SMARTS) is 1. The number of carbonyl (C=O) groups is 3. The Labute approximate surface area is 109 Å². The summed E-state index contributed by atoms with van der Waals surface area (Å²) in [5.41, 5.74) is 0.410. The van der Waals surface area contributed by atoms with Crippen molar-refractivity contribution in [1.82, 2.24) is 19.9 Å². The van der Waals surface area contributed by atoms with Crippen molar-refractivity contribution >= 4 is 17.8 Å². The Morgan fingerprint density at radius 3 is 2.42 bits per heavy atom. The molecule has 1 saturated heterocycles. The quantitative estimate of drug-likeness (QED) is 0.733. The number of aromatic nitrogens is 3. The first kappa shape index (κ1) is 13.2. The van der Waals surface area contributed by atoms with Gasteiger partial charge in [-0.05, 0) is 6.42 Å². The van der Waals surface area contributed by atoms with Gasteiger partial charge in [0.05, 0.1) is 12.2 Å². The smallest absolute Gasteiger partial charge is 0.358 e. The van der Waals surface area contributed by atoms with Gasteiger partial charge in [-0.2, -0.15) is 0 Å². The molecular weight excluding hydrogens is 252 g/mol. The summed E-state index contributed by atoms with van der Waals surface area (Å²) in [6.45, 7) is 2.27. The van der Waals surface area contributed by atoms with Crippen LogP contribution in [0.25, 0.3) is 0 Å². The third kappa shape index (κ3) is 2.47. The molecule has 2 rings (SSSR count). The van der Waals surface area contributed by atoms with E-state index in [0.29, 0.717) is 12.1 Å². The third-order valence-electron chi connectivity index (χ3n) is 3.07. The molecular formula is C11H14N4O4. The van der Waals surface area contributed by atoms with Crippen LogP contribution >= 0.6 is 0 Å². The Bertz CT molecular complexity index is 521. The van der Waals surface area contributed by atoms with Gasteiger partial charge in [-0.1, -0.05) is 12.1 Å². The monoisotopic (exact) mass is 266 g/mol. The first-order chi connectivity index (χ1) is 9.04. The normalized spacial score (nSPS) is 15.3. The van der Waals surface area contributed by atoms with E-state index in [4.69, 9.17) is 5.11 Å². The predicted octanol–water partition coefficient (Wildman–Crippen LogP) is -0.312. The topological polar surface area (TPSA) is 105 Å². The number of nitrogens with zero attached hydrogens (tertiary/aromatic N) is 4. The average Bonchev–Trinajstić information content (AvgIpc) is 2.91. The zero-order valence-corrected chi connectivity index (χ0v) is 10.5. The predicted molar refractivity (Wildman–Crippen MR) is 62.3 cm³/mol. The molecule has 0 bridgehead atoms. The molecule has 0 aromatic carbocycles. The molecule has 2 amide bonds. The van der Waals surface area contributed by atoms with Crippen molar-refractivity contribution in [3.05, 3.63) is 11.4 Å². The van der Waals surface area contributed by atoms with Crippen LogP contribution in [0.3, 0.4) is 0 Å². The summed E-state index contributed by atoms with van der Waals surface area (Å²) in [7, 11) is 0. The van der Waals surface area contributed by atoms with Crippen molar-refractivity contribution in [1.29, 1.82) is 0 Å². The van der Waals surface area contributed by atoms with Crippen molar-refractivity contribution in [3.63, 3.8) is 0 Å². The Hall–Kier alpha value is -2.25. The fraction of sp³-hybridized carbons (Fsp3) is 0.545. The number of hydrogen-bond acceptors (Lipinski definition) is 5. The lowest BCUT2D eigenvalue weighted by molar-refractivity contribution is -0.138. The van der Waals surface area contributed by atoms with Crippen molar-refractivity contribution in [2.45, 2.75) is 32.7 Å². The van der Waals surface area contributed by atoms with Gasteiger partial charge in [-0.15, -0.1) is 5.10 Å². The fourth-order valence-corrected chi connectivity index (χ4v) is 2.10. The van der Waals surface area contributed by atoms with Gasteiger partial charge in [0.2, 0.25) is 11.8 Å². The number of carbonyl (C=O) groups excluding carboxylic acids is 2. The molecule has 1 aromatic heterocycles. The lowest BCUT2D eigenvalue weighted by atomic mass is 10.2. The summed E-state index contributed by atoms with van der Waals surface area (Å²) in [5.74, 6) is -1.51. The molecule has 1 aliphatic rings. The highest BCUT2D eigenvalue weighted by atomic mass is 16.4. The second-order valence-corrected chi connectivity index (χ2v) is 4.21. The average molecular weight is 266 g/mol. The fourth-order valence-electron chi connectivity index (χ4n) is 2.10. The number of imide groups is 1. The molecule has 1 aromatic rings. The van der Waals surface area contributed by atoms with Crippen LogP contribution in [-0.2, 0) is 22.6 Å². The van der Waals surface area contributed by atoms with E-state index < -0.39 is 5.97 Å². The Morgan fingerprint density at radius 1 is 1.26 bits per heavy atom. The van der Waals surface area contributed by atoms with E-state index in [9.17, 15) is 14.4 Å². The number of hydrogen-bond donors (Lipinski definition) is 1. The maximum absolute atomic E-state index is 11.4. The second kappa shape index (κ2) is 5.17. The number of amides is 2. The summed E-state index contributed by atoms with van der Waals surface area (Å²) >= 11 is 0. The molecule has 0 aliphatic carbocycles. The highest BCUT2D eigenvalue weighted by Crippen LogP contribution is 2.12. The van der Waals surface area contributed by atoms with Crippen LogP contribution in [0.15, 0.2) is 0 Å². The molecule has 0 saturated carbocycles. The maximum atomic E-state index is 11.4. The van der Waals surface area contributed by atoms with Gasteiger partial charge in [0, 0.05) is 19.4 Å². The van der Waals surface area contributed by atoms with Gasteiger partial charge in [-0.25, -0.2) is 9.48 Å². The standard InChI is InChI=1S/C11H14N4O4/c1-2-7-10(11(18)19)12-13-15(7)6-5-14-8(16)3-4-9(14)17/h2-6H2,1H3,(H,18,19). The molecule has 102 valence electrons. The Kier molecular flexibility index (Phi) is 3.59. The van der Waals surface area contributed by atoms with Gasteiger partial charge >= 0.3 is 5.97 Å². The molecule has 0 radical (unpaired) electrons. The van der Waals surface area contributed by atoms with Crippen molar-refractivity contribution in [3.8, 4) is 0 Å². The van der Waals surface area contributed by atoms with Gasteiger partial charge in [0.25, 0.3) is 0 Å². The number of carboxylic acids is 1. The van der Waals surface area contributed by atoms with Crippen LogP contribution < -0.4 is 0 Å². The summed E-state index contributed by atoms with van der Waals surface area (Å²) in [4.78, 5) is 35.0. The molecule has 8 heteroatoms. The molecule has 1 N–H and O–H groups in total. The van der Waals surface area contributed by atoms with Gasteiger partial charge in [-0.3, -0.25) is 14.5 Å². The van der Waals surface area contributed by atoms with E-state index in [1.54, 1.807) is 6.92 Å². The van der Waals surface area contributed by atoms with Crippen LogP contribution in [0.4, 0.5) is 0 Å². The van der Waals surface area contributed by atoms with Crippen molar-refractivity contribution in [2.24, 2.45) is 0 Å². The zero-order valence-electron chi connectivity index (χ0n) is 10.5. The summed E-state index contributed by atoms with van der Waals surface area (Å²) in [6, 6.07) is 0. The van der Waals surface area contributed by atoms with Crippen LogP contribution in [0.5, 0.6) is 0 Å². The first-order valence-electron chi connectivity index (χ1n) is 6.03.